The van der Waals surface area contributed by atoms with Crippen molar-refractivity contribution >= 4 is 22.5 Å². The van der Waals surface area contributed by atoms with Crippen molar-refractivity contribution in [3.05, 3.63) is 65.9 Å². The van der Waals surface area contributed by atoms with Crippen LogP contribution in [0.25, 0.3) is 10.9 Å². The molecule has 1 amide bonds. The van der Waals surface area contributed by atoms with Crippen molar-refractivity contribution < 1.29 is 4.79 Å². The Morgan fingerprint density at radius 2 is 1.96 bits per heavy atom. The highest BCUT2D eigenvalue weighted by atomic mass is 16.2. The molecular weight excluding hydrogens is 286 g/mol. The van der Waals surface area contributed by atoms with Crippen LogP contribution in [0.5, 0.6) is 0 Å². The zero-order valence-corrected chi connectivity index (χ0v) is 12.8. The summed E-state index contributed by atoms with van der Waals surface area (Å²) in [6.07, 6.45) is 3.62. The van der Waals surface area contributed by atoms with Crippen LogP contribution in [-0.2, 0) is 17.6 Å². The van der Waals surface area contributed by atoms with Crippen molar-refractivity contribution in [3.8, 4) is 0 Å². The largest absolute Gasteiger partial charge is 0.373 e. The number of aromatic amines is 1. The van der Waals surface area contributed by atoms with Crippen LogP contribution in [0.4, 0.5) is 5.69 Å². The SMILES string of the molecule is O=C(NCCc1c[nH]c2ccccc12)C1Cc2ccccc2N1. The van der Waals surface area contributed by atoms with Gasteiger partial charge >= 0.3 is 0 Å². The molecule has 3 N–H and O–H groups in total. The van der Waals surface area contributed by atoms with E-state index >= 15 is 0 Å². The van der Waals surface area contributed by atoms with Crippen molar-refractivity contribution in [2.75, 3.05) is 11.9 Å². The Balaban J connectivity index is 1.34. The summed E-state index contributed by atoms with van der Waals surface area (Å²) in [4.78, 5) is 15.6. The average Bonchev–Trinajstić information content (AvgIpc) is 3.19. The second-order valence-corrected chi connectivity index (χ2v) is 5.96. The third-order valence-corrected chi connectivity index (χ3v) is 4.46. The Bertz CT molecular complexity index is 827. The molecule has 0 radical (unpaired) electrons. The van der Waals surface area contributed by atoms with Gasteiger partial charge in [0.1, 0.15) is 6.04 Å². The molecule has 1 atom stereocenters. The number of nitrogens with one attached hydrogen (secondary N) is 3. The fourth-order valence-corrected chi connectivity index (χ4v) is 3.24. The molecule has 23 heavy (non-hydrogen) atoms. The Morgan fingerprint density at radius 1 is 1.13 bits per heavy atom. The second kappa shape index (κ2) is 5.80. The maximum atomic E-state index is 12.3. The highest BCUT2D eigenvalue weighted by Gasteiger charge is 2.25. The summed E-state index contributed by atoms with van der Waals surface area (Å²) < 4.78 is 0. The van der Waals surface area contributed by atoms with E-state index in [1.807, 2.05) is 36.5 Å². The molecule has 1 aliphatic rings. The van der Waals surface area contributed by atoms with Gasteiger partial charge in [0.25, 0.3) is 0 Å². The summed E-state index contributed by atoms with van der Waals surface area (Å²) in [5, 5.41) is 7.57. The number of para-hydroxylation sites is 2. The normalized spacial score (nSPS) is 16.1. The zero-order valence-electron chi connectivity index (χ0n) is 12.8. The molecule has 1 unspecified atom stereocenters. The fourth-order valence-electron chi connectivity index (χ4n) is 3.24. The second-order valence-electron chi connectivity index (χ2n) is 5.96. The topological polar surface area (TPSA) is 56.9 Å². The lowest BCUT2D eigenvalue weighted by Gasteiger charge is -2.11. The summed E-state index contributed by atoms with van der Waals surface area (Å²) in [7, 11) is 0. The number of benzene rings is 2. The molecule has 0 aliphatic carbocycles. The predicted octanol–water partition coefficient (Wildman–Crippen LogP) is 2.86. The van der Waals surface area contributed by atoms with Gasteiger partial charge in [0.15, 0.2) is 0 Å². The molecular formula is C19H19N3O. The Kier molecular flexibility index (Phi) is 3.50. The summed E-state index contributed by atoms with van der Waals surface area (Å²) >= 11 is 0. The molecule has 1 aliphatic heterocycles. The molecule has 0 saturated carbocycles. The van der Waals surface area contributed by atoms with Crippen LogP contribution in [0.15, 0.2) is 54.7 Å². The molecule has 3 aromatic rings. The fraction of sp³-hybridized carbons (Fsp3) is 0.211. The molecule has 1 aromatic heterocycles. The Morgan fingerprint density at radius 3 is 2.87 bits per heavy atom. The molecule has 2 heterocycles. The number of carbonyl (C=O) groups excluding carboxylic acids is 1. The first-order valence-electron chi connectivity index (χ1n) is 7.98. The molecule has 2 aromatic carbocycles. The number of H-pyrrole nitrogens is 1. The monoisotopic (exact) mass is 305 g/mol. The number of rotatable bonds is 4. The van der Waals surface area contributed by atoms with Crippen molar-refractivity contribution in [1.82, 2.24) is 10.3 Å². The van der Waals surface area contributed by atoms with Gasteiger partial charge in [-0.3, -0.25) is 4.79 Å². The zero-order chi connectivity index (χ0) is 15.6. The first-order chi connectivity index (χ1) is 11.3. The highest BCUT2D eigenvalue weighted by molar-refractivity contribution is 5.87. The Labute approximate surface area is 134 Å². The standard InChI is InChI=1S/C19H19N3O/c23-19(18-11-13-5-1-3-7-16(13)22-18)20-10-9-14-12-21-17-8-4-2-6-15(14)17/h1-8,12,18,21-22H,9-11H2,(H,20,23). The number of amides is 1. The van der Waals surface area contributed by atoms with Gasteiger partial charge in [0, 0.05) is 35.8 Å². The molecule has 0 saturated heterocycles. The third kappa shape index (κ3) is 2.68. The van der Waals surface area contributed by atoms with Crippen LogP contribution >= 0.6 is 0 Å². The van der Waals surface area contributed by atoms with Crippen LogP contribution in [0.3, 0.4) is 0 Å². The lowest BCUT2D eigenvalue weighted by Crippen LogP contribution is -2.39. The molecule has 4 rings (SSSR count). The van der Waals surface area contributed by atoms with E-state index in [-0.39, 0.29) is 11.9 Å². The van der Waals surface area contributed by atoms with Crippen LogP contribution in [0.1, 0.15) is 11.1 Å². The maximum absolute atomic E-state index is 12.3. The van der Waals surface area contributed by atoms with E-state index in [1.165, 1.54) is 16.5 Å². The number of fused-ring (bicyclic) bond motifs is 2. The molecule has 4 nitrogen and oxygen atoms in total. The van der Waals surface area contributed by atoms with Crippen molar-refractivity contribution in [3.63, 3.8) is 0 Å². The summed E-state index contributed by atoms with van der Waals surface area (Å²) in [5.74, 6) is 0.0704. The van der Waals surface area contributed by atoms with Crippen molar-refractivity contribution in [2.24, 2.45) is 0 Å². The van der Waals surface area contributed by atoms with Gasteiger partial charge in [-0.05, 0) is 29.7 Å². The van der Waals surface area contributed by atoms with Crippen LogP contribution < -0.4 is 10.6 Å². The third-order valence-electron chi connectivity index (χ3n) is 4.46. The van der Waals surface area contributed by atoms with E-state index in [0.29, 0.717) is 6.54 Å². The number of aromatic nitrogens is 1. The van der Waals surface area contributed by atoms with E-state index in [0.717, 1.165) is 24.0 Å². The van der Waals surface area contributed by atoms with Gasteiger partial charge < -0.3 is 15.6 Å². The smallest absolute Gasteiger partial charge is 0.242 e. The lowest BCUT2D eigenvalue weighted by molar-refractivity contribution is -0.121. The van der Waals surface area contributed by atoms with E-state index < -0.39 is 0 Å². The minimum atomic E-state index is -0.157. The average molecular weight is 305 g/mol. The number of hydrogen-bond acceptors (Lipinski definition) is 2. The number of carbonyl (C=O) groups is 1. The molecule has 0 spiro atoms. The molecule has 0 fully saturated rings. The lowest BCUT2D eigenvalue weighted by atomic mass is 10.1. The molecule has 116 valence electrons. The first-order valence-corrected chi connectivity index (χ1v) is 7.98. The van der Waals surface area contributed by atoms with E-state index in [2.05, 4.69) is 33.8 Å². The number of anilines is 1. The van der Waals surface area contributed by atoms with Gasteiger partial charge in [-0.1, -0.05) is 36.4 Å². The Hall–Kier alpha value is -2.75. The van der Waals surface area contributed by atoms with Crippen molar-refractivity contribution in [2.45, 2.75) is 18.9 Å². The highest BCUT2D eigenvalue weighted by Crippen LogP contribution is 2.25. The summed E-state index contributed by atoms with van der Waals surface area (Å²) in [6.45, 7) is 0.648. The van der Waals surface area contributed by atoms with Crippen LogP contribution in [0, 0.1) is 0 Å². The predicted molar refractivity (Wildman–Crippen MR) is 92.6 cm³/mol. The van der Waals surface area contributed by atoms with Gasteiger partial charge in [0.05, 0.1) is 0 Å². The van der Waals surface area contributed by atoms with Crippen molar-refractivity contribution in [1.29, 1.82) is 0 Å². The quantitative estimate of drug-likeness (QED) is 0.694. The van der Waals surface area contributed by atoms with Crippen LogP contribution in [-0.4, -0.2) is 23.5 Å². The van der Waals surface area contributed by atoms with Gasteiger partial charge in [-0.2, -0.15) is 0 Å². The van der Waals surface area contributed by atoms with E-state index in [9.17, 15) is 4.79 Å². The minimum Gasteiger partial charge on any atom is -0.373 e. The van der Waals surface area contributed by atoms with E-state index in [1.54, 1.807) is 0 Å². The molecule has 0 bridgehead atoms. The van der Waals surface area contributed by atoms with Gasteiger partial charge in [-0.25, -0.2) is 0 Å². The summed E-state index contributed by atoms with van der Waals surface area (Å²) in [6, 6.07) is 16.2. The molecule has 4 heteroatoms. The first kappa shape index (κ1) is 13.9. The maximum Gasteiger partial charge on any atom is 0.242 e. The van der Waals surface area contributed by atoms with Gasteiger partial charge in [0.2, 0.25) is 5.91 Å². The van der Waals surface area contributed by atoms with Gasteiger partial charge in [-0.15, -0.1) is 0 Å². The number of hydrogen-bond donors (Lipinski definition) is 3. The van der Waals surface area contributed by atoms with Crippen LogP contribution in [0.2, 0.25) is 0 Å². The summed E-state index contributed by atoms with van der Waals surface area (Å²) in [5.41, 5.74) is 4.67. The minimum absolute atomic E-state index is 0.0704. The van der Waals surface area contributed by atoms with E-state index in [4.69, 9.17) is 0 Å².